The summed E-state index contributed by atoms with van der Waals surface area (Å²) in [6.07, 6.45) is 6.77. The second kappa shape index (κ2) is 10.4. The summed E-state index contributed by atoms with van der Waals surface area (Å²) < 4.78 is 37.1. The van der Waals surface area contributed by atoms with E-state index >= 15 is 0 Å². The van der Waals surface area contributed by atoms with E-state index in [1.54, 1.807) is 37.3 Å². The Morgan fingerprint density at radius 1 is 1.03 bits per heavy atom. The van der Waals surface area contributed by atoms with Crippen molar-refractivity contribution in [2.75, 3.05) is 6.61 Å². The van der Waals surface area contributed by atoms with Gasteiger partial charge in [0.1, 0.15) is 23.2 Å². The minimum atomic E-state index is -3.84. The number of carbonyl (C=O) groups is 2. The van der Waals surface area contributed by atoms with Gasteiger partial charge >= 0.3 is 19.8 Å². The Labute approximate surface area is 168 Å². The van der Waals surface area contributed by atoms with Crippen molar-refractivity contribution in [3.63, 3.8) is 0 Å². The lowest BCUT2D eigenvalue weighted by Gasteiger charge is -2.14. The third-order valence-electron chi connectivity index (χ3n) is 3.34. The zero-order valence-electron chi connectivity index (χ0n) is 15.8. The smallest absolute Gasteiger partial charge is 0.426 e. The van der Waals surface area contributed by atoms with Gasteiger partial charge in [-0.2, -0.15) is 0 Å². The molecule has 0 bridgehead atoms. The van der Waals surface area contributed by atoms with Crippen LogP contribution in [0, 0.1) is 12.5 Å². The zero-order chi connectivity index (χ0) is 21.3. The molecule has 0 aliphatic carbocycles. The SMILES string of the molecule is C#COP(=O)(OCC)OCc1ccc(OC(=O)c2ccccc2OC(C)=O)cc1. The number of benzene rings is 2. The summed E-state index contributed by atoms with van der Waals surface area (Å²) in [5.41, 5.74) is 0.727. The fraction of sp³-hybridized carbons (Fsp3) is 0.200. The second-order valence-electron chi connectivity index (χ2n) is 5.47. The number of para-hydroxylation sites is 1. The Morgan fingerprint density at radius 3 is 2.34 bits per heavy atom. The van der Waals surface area contributed by atoms with Crippen molar-refractivity contribution in [3.8, 4) is 24.0 Å². The first-order valence-corrected chi connectivity index (χ1v) is 9.95. The first kappa shape index (κ1) is 22.2. The van der Waals surface area contributed by atoms with E-state index in [2.05, 4.69) is 4.52 Å². The molecule has 0 spiro atoms. The molecule has 0 fully saturated rings. The van der Waals surface area contributed by atoms with E-state index in [1.807, 2.05) is 0 Å². The van der Waals surface area contributed by atoms with E-state index in [0.717, 1.165) is 0 Å². The fourth-order valence-electron chi connectivity index (χ4n) is 2.16. The Morgan fingerprint density at radius 2 is 1.72 bits per heavy atom. The van der Waals surface area contributed by atoms with Crippen molar-refractivity contribution in [2.45, 2.75) is 20.5 Å². The van der Waals surface area contributed by atoms with E-state index < -0.39 is 19.8 Å². The molecule has 0 aliphatic rings. The molecule has 2 aromatic carbocycles. The number of ether oxygens (including phenoxy) is 2. The molecule has 0 radical (unpaired) electrons. The van der Waals surface area contributed by atoms with Crippen LogP contribution < -0.4 is 9.47 Å². The molecule has 152 valence electrons. The van der Waals surface area contributed by atoms with Crippen molar-refractivity contribution < 1.29 is 37.2 Å². The van der Waals surface area contributed by atoms with Gasteiger partial charge in [0.15, 0.2) is 0 Å². The molecule has 0 saturated heterocycles. The van der Waals surface area contributed by atoms with Crippen LogP contribution in [0.4, 0.5) is 0 Å². The van der Waals surface area contributed by atoms with Crippen LogP contribution in [0.25, 0.3) is 0 Å². The Kier molecular flexibility index (Phi) is 7.98. The van der Waals surface area contributed by atoms with Gasteiger partial charge in [-0.15, -0.1) is 0 Å². The molecule has 0 heterocycles. The summed E-state index contributed by atoms with van der Waals surface area (Å²) in [5, 5.41) is 0. The first-order valence-electron chi connectivity index (χ1n) is 8.48. The van der Waals surface area contributed by atoms with Gasteiger partial charge in [-0.1, -0.05) is 30.7 Å². The molecule has 0 aliphatic heterocycles. The molecule has 2 aromatic rings. The summed E-state index contributed by atoms with van der Waals surface area (Å²) in [7, 11) is -3.84. The van der Waals surface area contributed by atoms with Gasteiger partial charge < -0.3 is 14.0 Å². The predicted molar refractivity (Wildman–Crippen MR) is 103 cm³/mol. The van der Waals surface area contributed by atoms with Crippen LogP contribution in [-0.2, 0) is 29.5 Å². The van der Waals surface area contributed by atoms with Crippen LogP contribution in [0.3, 0.4) is 0 Å². The van der Waals surface area contributed by atoms with E-state index in [9.17, 15) is 14.2 Å². The number of esters is 2. The number of rotatable bonds is 9. The van der Waals surface area contributed by atoms with E-state index in [1.165, 1.54) is 31.2 Å². The molecule has 0 aromatic heterocycles. The zero-order valence-corrected chi connectivity index (χ0v) is 16.7. The van der Waals surface area contributed by atoms with Crippen LogP contribution in [0.15, 0.2) is 48.5 Å². The molecule has 0 saturated carbocycles. The highest BCUT2D eigenvalue weighted by molar-refractivity contribution is 7.48. The molecule has 2 rings (SSSR count). The van der Waals surface area contributed by atoms with Crippen molar-refractivity contribution in [3.05, 3.63) is 59.7 Å². The molecule has 1 unspecified atom stereocenters. The average molecular weight is 418 g/mol. The van der Waals surface area contributed by atoms with Crippen LogP contribution in [0.2, 0.25) is 0 Å². The second-order valence-corrected chi connectivity index (χ2v) is 7.06. The van der Waals surface area contributed by atoms with Crippen LogP contribution >= 0.6 is 7.82 Å². The minimum absolute atomic E-state index is 0.0948. The number of carbonyl (C=O) groups excluding carboxylic acids is 2. The van der Waals surface area contributed by atoms with Crippen molar-refractivity contribution in [1.29, 1.82) is 0 Å². The van der Waals surface area contributed by atoms with Gasteiger partial charge in [0.05, 0.1) is 13.2 Å². The quantitative estimate of drug-likeness (QED) is 0.260. The molecule has 1 atom stereocenters. The summed E-state index contributed by atoms with van der Waals surface area (Å²) in [5.74, 6) is -0.874. The highest BCUT2D eigenvalue weighted by Gasteiger charge is 2.26. The van der Waals surface area contributed by atoms with Crippen molar-refractivity contribution in [1.82, 2.24) is 0 Å². The van der Waals surface area contributed by atoms with Gasteiger partial charge in [-0.25, -0.2) is 9.36 Å². The maximum Gasteiger partial charge on any atom is 0.538 e. The summed E-state index contributed by atoms with van der Waals surface area (Å²) >= 11 is 0. The molecule has 8 nitrogen and oxygen atoms in total. The maximum atomic E-state index is 12.4. The third-order valence-corrected chi connectivity index (χ3v) is 4.68. The van der Waals surface area contributed by atoms with Crippen LogP contribution in [0.1, 0.15) is 29.8 Å². The topological polar surface area (TPSA) is 97.4 Å². The van der Waals surface area contributed by atoms with E-state index in [0.29, 0.717) is 5.56 Å². The Balaban J connectivity index is 2.02. The normalized spacial score (nSPS) is 12.3. The van der Waals surface area contributed by atoms with Crippen LogP contribution in [-0.4, -0.2) is 18.5 Å². The predicted octanol–water partition coefficient (Wildman–Crippen LogP) is 4.10. The summed E-state index contributed by atoms with van der Waals surface area (Å²) in [6, 6.07) is 12.5. The Bertz CT molecular complexity index is 946. The highest BCUT2D eigenvalue weighted by atomic mass is 31.2. The lowest BCUT2D eigenvalue weighted by atomic mass is 10.2. The lowest BCUT2D eigenvalue weighted by molar-refractivity contribution is -0.131. The number of phosphoric acid groups is 1. The number of hydrogen-bond donors (Lipinski definition) is 0. The molecule has 9 heteroatoms. The van der Waals surface area contributed by atoms with Crippen molar-refractivity contribution in [2.24, 2.45) is 0 Å². The lowest BCUT2D eigenvalue weighted by Crippen LogP contribution is -2.12. The summed E-state index contributed by atoms with van der Waals surface area (Å²) in [4.78, 5) is 23.5. The van der Waals surface area contributed by atoms with E-state index in [4.69, 9.17) is 24.9 Å². The van der Waals surface area contributed by atoms with Crippen molar-refractivity contribution >= 4 is 19.8 Å². The fourth-order valence-corrected chi connectivity index (χ4v) is 3.09. The third kappa shape index (κ3) is 6.77. The number of hydrogen-bond acceptors (Lipinski definition) is 8. The maximum absolute atomic E-state index is 12.4. The van der Waals surface area contributed by atoms with Gasteiger partial charge in [0.2, 0.25) is 0 Å². The molecular formula is C20H19O8P. The van der Waals surface area contributed by atoms with Gasteiger partial charge in [-0.3, -0.25) is 13.8 Å². The van der Waals surface area contributed by atoms with Gasteiger partial charge in [0.25, 0.3) is 0 Å². The standard InChI is InChI=1S/C20H19O8P/c1-4-24-29(23,25-5-2)26-14-16-10-12-17(13-11-16)28-20(22)18-8-6-7-9-19(18)27-15(3)21/h1,6-13H,5,14H2,2-3H3. The first-order chi connectivity index (χ1) is 13.9. The monoisotopic (exact) mass is 418 g/mol. The molecule has 29 heavy (non-hydrogen) atoms. The molecule has 0 amide bonds. The highest BCUT2D eigenvalue weighted by Crippen LogP contribution is 2.49. The van der Waals surface area contributed by atoms with E-state index in [-0.39, 0.29) is 30.3 Å². The molecule has 0 N–H and O–H groups in total. The van der Waals surface area contributed by atoms with Crippen LogP contribution in [0.5, 0.6) is 11.5 Å². The molecular weight excluding hydrogens is 399 g/mol. The Hall–Kier alpha value is -3.11. The largest absolute Gasteiger partial charge is 0.538 e. The van der Waals surface area contributed by atoms with Gasteiger partial charge in [-0.05, 0) is 36.8 Å². The minimum Gasteiger partial charge on any atom is -0.426 e. The number of terminal acetylenes is 1. The number of phosphoric ester groups is 1. The summed E-state index contributed by atoms with van der Waals surface area (Å²) in [6.45, 7) is 2.87. The average Bonchev–Trinajstić information content (AvgIpc) is 2.68. The van der Waals surface area contributed by atoms with Gasteiger partial charge in [0, 0.05) is 6.92 Å².